The zero-order chi connectivity index (χ0) is 15.2. The van der Waals surface area contributed by atoms with Crippen molar-refractivity contribution < 1.29 is 9.53 Å². The molecule has 0 aromatic heterocycles. The van der Waals surface area contributed by atoms with Crippen LogP contribution in [0.5, 0.6) is 5.75 Å². The number of aryl methyl sites for hydroxylation is 1. The Morgan fingerprint density at radius 2 is 2.05 bits per heavy atom. The van der Waals surface area contributed by atoms with Crippen LogP contribution in [0.25, 0.3) is 0 Å². The molecule has 0 aliphatic heterocycles. The predicted octanol–water partition coefficient (Wildman–Crippen LogP) is 3.50. The molecule has 1 amide bonds. The number of nitrogens with two attached hydrogens (primary N) is 1. The number of rotatable bonds is 5. The Balaban J connectivity index is 1.98. The standard InChI is InChI=1S/C16H17ClN2O2/c1-21-15-10-12(18)7-8-14(15)19-16(20)9-6-11-4-2-3-5-13(11)17/h2-5,7-8,10H,6,9,18H2,1H3,(H,19,20). The van der Waals surface area contributed by atoms with Crippen LogP contribution in [0.15, 0.2) is 42.5 Å². The van der Waals surface area contributed by atoms with E-state index < -0.39 is 0 Å². The molecule has 2 rings (SSSR count). The lowest BCUT2D eigenvalue weighted by molar-refractivity contribution is -0.116. The van der Waals surface area contributed by atoms with Gasteiger partial charge in [-0.1, -0.05) is 29.8 Å². The largest absolute Gasteiger partial charge is 0.494 e. The van der Waals surface area contributed by atoms with Gasteiger partial charge in [-0.15, -0.1) is 0 Å². The first-order valence-electron chi connectivity index (χ1n) is 6.57. The Bertz CT molecular complexity index is 644. The van der Waals surface area contributed by atoms with Crippen molar-refractivity contribution in [2.75, 3.05) is 18.2 Å². The van der Waals surface area contributed by atoms with Crippen molar-refractivity contribution in [1.29, 1.82) is 0 Å². The molecule has 0 atom stereocenters. The highest BCUT2D eigenvalue weighted by Crippen LogP contribution is 2.26. The normalized spacial score (nSPS) is 10.2. The SMILES string of the molecule is COc1cc(N)ccc1NC(=O)CCc1ccccc1Cl. The van der Waals surface area contributed by atoms with Gasteiger partial charge in [0.2, 0.25) is 5.91 Å². The predicted molar refractivity (Wildman–Crippen MR) is 85.8 cm³/mol. The minimum absolute atomic E-state index is 0.0991. The number of carbonyl (C=O) groups is 1. The Morgan fingerprint density at radius 3 is 2.76 bits per heavy atom. The van der Waals surface area contributed by atoms with Gasteiger partial charge < -0.3 is 15.8 Å². The lowest BCUT2D eigenvalue weighted by Gasteiger charge is -2.11. The summed E-state index contributed by atoms with van der Waals surface area (Å²) in [5.41, 5.74) is 7.83. The molecule has 0 spiro atoms. The average molecular weight is 305 g/mol. The summed E-state index contributed by atoms with van der Waals surface area (Å²) in [6.45, 7) is 0. The molecule has 2 aromatic rings. The lowest BCUT2D eigenvalue weighted by atomic mass is 10.1. The number of methoxy groups -OCH3 is 1. The highest BCUT2D eigenvalue weighted by atomic mass is 35.5. The van der Waals surface area contributed by atoms with E-state index in [1.165, 1.54) is 7.11 Å². The van der Waals surface area contributed by atoms with Gasteiger partial charge in [-0.2, -0.15) is 0 Å². The fraction of sp³-hybridized carbons (Fsp3) is 0.188. The van der Waals surface area contributed by atoms with E-state index in [-0.39, 0.29) is 5.91 Å². The summed E-state index contributed by atoms with van der Waals surface area (Å²) < 4.78 is 5.19. The van der Waals surface area contributed by atoms with E-state index in [1.807, 2.05) is 24.3 Å². The molecule has 2 aromatic carbocycles. The van der Waals surface area contributed by atoms with Crippen molar-refractivity contribution in [3.05, 3.63) is 53.1 Å². The maximum atomic E-state index is 12.0. The molecule has 21 heavy (non-hydrogen) atoms. The molecule has 0 aliphatic rings. The van der Waals surface area contributed by atoms with Gasteiger partial charge in [0.05, 0.1) is 12.8 Å². The van der Waals surface area contributed by atoms with Gasteiger partial charge in [-0.05, 0) is 30.2 Å². The maximum Gasteiger partial charge on any atom is 0.224 e. The van der Waals surface area contributed by atoms with Gasteiger partial charge >= 0.3 is 0 Å². The summed E-state index contributed by atoms with van der Waals surface area (Å²) in [6, 6.07) is 12.6. The first kappa shape index (κ1) is 15.2. The van der Waals surface area contributed by atoms with Crippen molar-refractivity contribution in [2.24, 2.45) is 0 Å². The molecule has 3 N–H and O–H groups in total. The second-order valence-electron chi connectivity index (χ2n) is 4.60. The molecule has 0 bridgehead atoms. The smallest absolute Gasteiger partial charge is 0.224 e. The third kappa shape index (κ3) is 4.13. The third-order valence-corrected chi connectivity index (χ3v) is 3.45. The molecule has 0 unspecified atom stereocenters. The number of amides is 1. The fourth-order valence-corrected chi connectivity index (χ4v) is 2.20. The monoisotopic (exact) mass is 304 g/mol. The molecular weight excluding hydrogens is 288 g/mol. The van der Waals surface area contributed by atoms with Crippen molar-refractivity contribution in [1.82, 2.24) is 0 Å². The molecule has 0 aliphatic carbocycles. The average Bonchev–Trinajstić information content (AvgIpc) is 2.48. The zero-order valence-corrected chi connectivity index (χ0v) is 12.5. The Hall–Kier alpha value is -2.20. The van der Waals surface area contributed by atoms with Crippen LogP contribution in [-0.4, -0.2) is 13.0 Å². The van der Waals surface area contributed by atoms with E-state index >= 15 is 0 Å². The van der Waals surface area contributed by atoms with Crippen LogP contribution >= 0.6 is 11.6 Å². The number of ether oxygens (including phenoxy) is 1. The summed E-state index contributed by atoms with van der Waals surface area (Å²) in [6.07, 6.45) is 0.931. The summed E-state index contributed by atoms with van der Waals surface area (Å²) >= 11 is 6.07. The van der Waals surface area contributed by atoms with Crippen LogP contribution in [-0.2, 0) is 11.2 Å². The minimum Gasteiger partial charge on any atom is -0.494 e. The Kier molecular flexibility index (Phi) is 5.06. The summed E-state index contributed by atoms with van der Waals surface area (Å²) in [4.78, 5) is 12.0. The summed E-state index contributed by atoms with van der Waals surface area (Å²) in [5.74, 6) is 0.444. The van der Waals surface area contributed by atoms with Gasteiger partial charge in [0.25, 0.3) is 0 Å². The van der Waals surface area contributed by atoms with Gasteiger partial charge in [-0.3, -0.25) is 4.79 Å². The quantitative estimate of drug-likeness (QED) is 0.831. The second-order valence-corrected chi connectivity index (χ2v) is 5.01. The van der Waals surface area contributed by atoms with Crippen LogP contribution in [0, 0.1) is 0 Å². The van der Waals surface area contributed by atoms with E-state index in [9.17, 15) is 4.79 Å². The summed E-state index contributed by atoms with van der Waals surface area (Å²) in [5, 5.41) is 3.49. The first-order valence-corrected chi connectivity index (χ1v) is 6.94. The molecule has 0 saturated heterocycles. The van der Waals surface area contributed by atoms with Crippen molar-refractivity contribution >= 4 is 28.9 Å². The molecule has 0 heterocycles. The fourth-order valence-electron chi connectivity index (χ4n) is 1.97. The summed E-state index contributed by atoms with van der Waals surface area (Å²) in [7, 11) is 1.54. The number of carbonyl (C=O) groups excluding carboxylic acids is 1. The van der Waals surface area contributed by atoms with Crippen molar-refractivity contribution in [2.45, 2.75) is 12.8 Å². The van der Waals surface area contributed by atoms with Crippen LogP contribution in [0.3, 0.4) is 0 Å². The molecule has 0 fully saturated rings. The lowest BCUT2D eigenvalue weighted by Crippen LogP contribution is -2.13. The first-order chi connectivity index (χ1) is 10.1. The van der Waals surface area contributed by atoms with Crippen LogP contribution in [0.2, 0.25) is 5.02 Å². The topological polar surface area (TPSA) is 64.3 Å². The molecule has 110 valence electrons. The maximum absolute atomic E-state index is 12.0. The van der Waals surface area contributed by atoms with Gasteiger partial charge in [0, 0.05) is 23.2 Å². The van der Waals surface area contributed by atoms with Crippen molar-refractivity contribution in [3.63, 3.8) is 0 Å². The number of benzene rings is 2. The molecule has 0 radical (unpaired) electrons. The van der Waals surface area contributed by atoms with E-state index in [0.717, 1.165) is 5.56 Å². The zero-order valence-electron chi connectivity index (χ0n) is 11.7. The van der Waals surface area contributed by atoms with Gasteiger partial charge in [-0.25, -0.2) is 0 Å². The van der Waals surface area contributed by atoms with Gasteiger partial charge in [0.1, 0.15) is 5.75 Å². The van der Waals surface area contributed by atoms with Crippen LogP contribution in [0.4, 0.5) is 11.4 Å². The number of nitrogens with one attached hydrogen (secondary N) is 1. The molecule has 0 saturated carbocycles. The number of halogens is 1. The van der Waals surface area contributed by atoms with E-state index in [0.29, 0.717) is 35.0 Å². The minimum atomic E-state index is -0.0991. The Morgan fingerprint density at radius 1 is 1.29 bits per heavy atom. The number of anilines is 2. The Labute approximate surface area is 128 Å². The van der Waals surface area contributed by atoms with Crippen LogP contribution in [0.1, 0.15) is 12.0 Å². The number of hydrogen-bond donors (Lipinski definition) is 2. The highest BCUT2D eigenvalue weighted by molar-refractivity contribution is 6.31. The molecule has 4 nitrogen and oxygen atoms in total. The molecule has 5 heteroatoms. The third-order valence-electron chi connectivity index (χ3n) is 3.08. The van der Waals surface area contributed by atoms with E-state index in [1.54, 1.807) is 18.2 Å². The van der Waals surface area contributed by atoms with Gasteiger partial charge in [0.15, 0.2) is 0 Å². The van der Waals surface area contributed by atoms with E-state index in [4.69, 9.17) is 22.1 Å². The number of hydrogen-bond acceptors (Lipinski definition) is 3. The second kappa shape index (κ2) is 6.99. The van der Waals surface area contributed by atoms with E-state index in [2.05, 4.69) is 5.32 Å². The van der Waals surface area contributed by atoms with Crippen LogP contribution < -0.4 is 15.8 Å². The molecular formula is C16H17ClN2O2. The number of nitrogen functional groups attached to an aromatic ring is 1. The van der Waals surface area contributed by atoms with Crippen molar-refractivity contribution in [3.8, 4) is 5.75 Å². The highest BCUT2D eigenvalue weighted by Gasteiger charge is 2.09.